The van der Waals surface area contributed by atoms with E-state index in [1.165, 1.54) is 0 Å². The molecule has 0 N–H and O–H groups in total. The van der Waals surface area contributed by atoms with Crippen molar-refractivity contribution in [2.45, 2.75) is 56.3 Å². The molecule has 0 aromatic heterocycles. The van der Waals surface area contributed by atoms with Gasteiger partial charge in [-0.25, -0.2) is 0 Å². The van der Waals surface area contributed by atoms with Gasteiger partial charge in [0.05, 0.1) is 31.8 Å². The lowest BCUT2D eigenvalue weighted by atomic mass is 9.90. The number of hydrogen-bond acceptors (Lipinski definition) is 3. The summed E-state index contributed by atoms with van der Waals surface area (Å²) in [6.45, 7) is -1.39. The summed E-state index contributed by atoms with van der Waals surface area (Å²) >= 11 is 0. The zero-order valence-electron chi connectivity index (χ0n) is 12.6. The molecule has 0 aromatic carbocycles. The highest BCUT2D eigenvalue weighted by atomic mass is 19.4. The molecule has 1 aliphatic carbocycles. The van der Waals surface area contributed by atoms with Gasteiger partial charge in [0.1, 0.15) is 6.61 Å². The Hall–Kier alpha value is -0.960. The van der Waals surface area contributed by atoms with E-state index >= 15 is 0 Å². The summed E-state index contributed by atoms with van der Waals surface area (Å²) in [5.74, 6) is -5.19. The largest absolute Gasteiger partial charge is 0.455 e. The fraction of sp³-hybridized carbons (Fsp3) is 0.929. The first-order chi connectivity index (χ1) is 10.7. The maximum absolute atomic E-state index is 12.7. The van der Waals surface area contributed by atoms with Crippen molar-refractivity contribution in [1.29, 1.82) is 0 Å². The van der Waals surface area contributed by atoms with Gasteiger partial charge in [0.25, 0.3) is 0 Å². The maximum atomic E-state index is 12.7. The molecule has 23 heavy (non-hydrogen) atoms. The highest BCUT2D eigenvalue weighted by Gasteiger charge is 2.57. The summed E-state index contributed by atoms with van der Waals surface area (Å²) in [5, 5.41) is 0. The first kappa shape index (κ1) is 18.4. The summed E-state index contributed by atoms with van der Waals surface area (Å²) in [7, 11) is 0. The van der Waals surface area contributed by atoms with Crippen molar-refractivity contribution in [3.05, 3.63) is 0 Å². The zero-order valence-corrected chi connectivity index (χ0v) is 12.6. The second-order valence-electron chi connectivity index (χ2n) is 5.85. The predicted molar refractivity (Wildman–Crippen MR) is 70.1 cm³/mol. The predicted octanol–water partition coefficient (Wildman–Crippen LogP) is 2.76. The van der Waals surface area contributed by atoms with Crippen molar-refractivity contribution in [1.82, 2.24) is 4.90 Å². The molecule has 134 valence electrons. The highest BCUT2D eigenvalue weighted by Crippen LogP contribution is 2.35. The smallest absolute Gasteiger partial charge is 0.374 e. The molecule has 4 nitrogen and oxygen atoms in total. The van der Waals surface area contributed by atoms with Gasteiger partial charge in [0.2, 0.25) is 5.91 Å². The number of ether oxygens (including phenoxy) is 2. The minimum atomic E-state index is -5.64. The van der Waals surface area contributed by atoms with Crippen molar-refractivity contribution < 1.29 is 36.2 Å². The van der Waals surface area contributed by atoms with E-state index in [2.05, 4.69) is 4.74 Å². The van der Waals surface area contributed by atoms with Crippen LogP contribution in [0.1, 0.15) is 32.1 Å². The van der Waals surface area contributed by atoms with Crippen LogP contribution in [-0.4, -0.2) is 61.4 Å². The Kier molecular flexibility index (Phi) is 5.83. The molecule has 0 spiro atoms. The standard InChI is InChI=1S/C14H20F5NO3/c15-13(16,14(17,18)19)9-22-7-5-12(21)20-6-8-23-11-4-2-1-3-10(11)20/h10-11H,1-9H2/t10-,11+/m1/s1. The van der Waals surface area contributed by atoms with Crippen molar-refractivity contribution in [2.75, 3.05) is 26.4 Å². The second kappa shape index (κ2) is 7.29. The zero-order chi connectivity index (χ0) is 17.1. The van der Waals surface area contributed by atoms with Crippen LogP contribution in [0, 0.1) is 0 Å². The minimum Gasteiger partial charge on any atom is -0.374 e. The van der Waals surface area contributed by atoms with Crippen molar-refractivity contribution in [2.24, 2.45) is 0 Å². The summed E-state index contributed by atoms with van der Waals surface area (Å²) in [4.78, 5) is 13.8. The summed E-state index contributed by atoms with van der Waals surface area (Å²) in [6, 6.07) is -0.0263. The molecule has 1 saturated heterocycles. The van der Waals surface area contributed by atoms with Crippen molar-refractivity contribution in [3.8, 4) is 0 Å². The lowest BCUT2D eigenvalue weighted by molar-refractivity contribution is -0.296. The van der Waals surface area contributed by atoms with Gasteiger partial charge in [-0.15, -0.1) is 0 Å². The van der Waals surface area contributed by atoms with Crippen LogP contribution >= 0.6 is 0 Å². The molecule has 9 heteroatoms. The first-order valence-electron chi connectivity index (χ1n) is 7.66. The van der Waals surface area contributed by atoms with Gasteiger partial charge in [0.15, 0.2) is 0 Å². The molecular formula is C14H20F5NO3. The third-order valence-corrected chi connectivity index (χ3v) is 4.21. The van der Waals surface area contributed by atoms with Crippen LogP contribution < -0.4 is 0 Å². The molecule has 0 radical (unpaired) electrons. The molecule has 2 rings (SSSR count). The van der Waals surface area contributed by atoms with E-state index in [0.29, 0.717) is 13.2 Å². The Morgan fingerprint density at radius 2 is 1.87 bits per heavy atom. The van der Waals surface area contributed by atoms with E-state index in [1.54, 1.807) is 4.90 Å². The number of alkyl halides is 5. The normalized spacial score (nSPS) is 26.0. The van der Waals surface area contributed by atoms with Crippen LogP contribution in [0.25, 0.3) is 0 Å². The number of hydrogen-bond donors (Lipinski definition) is 0. The van der Waals surface area contributed by atoms with Gasteiger partial charge in [-0.05, 0) is 12.8 Å². The number of carbonyl (C=O) groups excluding carboxylic acids is 1. The Bertz CT molecular complexity index is 414. The Balaban J connectivity index is 1.76. The number of morpholine rings is 1. The molecular weight excluding hydrogens is 325 g/mol. The summed E-state index contributed by atoms with van der Waals surface area (Å²) < 4.78 is 71.3. The molecule has 0 unspecified atom stereocenters. The van der Waals surface area contributed by atoms with Gasteiger partial charge in [-0.3, -0.25) is 4.79 Å². The van der Waals surface area contributed by atoms with Crippen LogP contribution in [0.15, 0.2) is 0 Å². The molecule has 0 aromatic rings. The van der Waals surface area contributed by atoms with Crippen molar-refractivity contribution in [3.63, 3.8) is 0 Å². The van der Waals surface area contributed by atoms with E-state index in [0.717, 1.165) is 25.7 Å². The molecule has 1 aliphatic heterocycles. The number of carbonyl (C=O) groups is 1. The summed E-state index contributed by atoms with van der Waals surface area (Å²) in [5.41, 5.74) is 0. The van der Waals surface area contributed by atoms with Gasteiger partial charge in [0, 0.05) is 6.54 Å². The molecule has 1 heterocycles. The maximum Gasteiger partial charge on any atom is 0.455 e. The quantitative estimate of drug-likeness (QED) is 0.568. The average molecular weight is 345 g/mol. The van der Waals surface area contributed by atoms with Crippen LogP contribution in [0.4, 0.5) is 22.0 Å². The Labute approximate surface area is 130 Å². The number of nitrogens with zero attached hydrogens (tertiary/aromatic N) is 1. The topological polar surface area (TPSA) is 38.8 Å². The third-order valence-electron chi connectivity index (χ3n) is 4.21. The third kappa shape index (κ3) is 4.53. The fourth-order valence-corrected chi connectivity index (χ4v) is 2.99. The van der Waals surface area contributed by atoms with Crippen molar-refractivity contribution >= 4 is 5.91 Å². The Morgan fingerprint density at radius 3 is 2.57 bits per heavy atom. The minimum absolute atomic E-state index is 0.00284. The second-order valence-corrected chi connectivity index (χ2v) is 5.85. The van der Waals surface area contributed by atoms with Crippen LogP contribution in [0.3, 0.4) is 0 Å². The number of fused-ring (bicyclic) bond motifs is 1. The van der Waals surface area contributed by atoms with Gasteiger partial charge >= 0.3 is 12.1 Å². The molecule has 0 bridgehead atoms. The number of rotatable bonds is 5. The molecule has 2 fully saturated rings. The monoisotopic (exact) mass is 345 g/mol. The molecule has 1 saturated carbocycles. The average Bonchev–Trinajstić information content (AvgIpc) is 2.49. The first-order valence-corrected chi connectivity index (χ1v) is 7.66. The van der Waals surface area contributed by atoms with E-state index in [9.17, 15) is 26.7 Å². The van der Waals surface area contributed by atoms with E-state index in [4.69, 9.17) is 4.74 Å². The molecule has 2 aliphatic rings. The number of amides is 1. The fourth-order valence-electron chi connectivity index (χ4n) is 2.99. The van der Waals surface area contributed by atoms with E-state index in [-0.39, 0.29) is 24.5 Å². The molecule has 1 amide bonds. The highest BCUT2D eigenvalue weighted by molar-refractivity contribution is 5.76. The van der Waals surface area contributed by atoms with Crippen LogP contribution in [0.2, 0.25) is 0 Å². The van der Waals surface area contributed by atoms with Gasteiger partial charge in [-0.2, -0.15) is 22.0 Å². The molecule has 2 atom stereocenters. The number of halogens is 5. The van der Waals surface area contributed by atoms with E-state index in [1.807, 2.05) is 0 Å². The summed E-state index contributed by atoms with van der Waals surface area (Å²) in [6.07, 6.45) is -2.13. The van der Waals surface area contributed by atoms with Gasteiger partial charge in [-0.1, -0.05) is 12.8 Å². The van der Waals surface area contributed by atoms with Gasteiger partial charge < -0.3 is 14.4 Å². The lowest BCUT2D eigenvalue weighted by Gasteiger charge is -2.43. The van der Waals surface area contributed by atoms with E-state index < -0.39 is 25.3 Å². The van der Waals surface area contributed by atoms with Crippen LogP contribution in [0.5, 0.6) is 0 Å². The van der Waals surface area contributed by atoms with Crippen LogP contribution in [-0.2, 0) is 14.3 Å². The lowest BCUT2D eigenvalue weighted by Crippen LogP contribution is -2.55. The SMILES string of the molecule is O=C(CCOCC(F)(F)C(F)(F)F)N1CCO[C@H]2CCCC[C@H]21. The Morgan fingerprint density at radius 1 is 1.17 bits per heavy atom.